The van der Waals surface area contributed by atoms with Gasteiger partial charge in [-0.15, -0.1) is 0 Å². The summed E-state index contributed by atoms with van der Waals surface area (Å²) in [7, 11) is 1.88. The summed E-state index contributed by atoms with van der Waals surface area (Å²) in [6.45, 7) is 2.50. The Hall–Kier alpha value is -1.36. The van der Waals surface area contributed by atoms with Crippen molar-refractivity contribution in [3.05, 3.63) is 45.9 Å². The SMILES string of the molecule is CCc1nn(C)cc1NCc1cc(Br)ccc1F. The Morgan fingerprint density at radius 1 is 1.44 bits per heavy atom. The van der Waals surface area contributed by atoms with Gasteiger partial charge in [-0.2, -0.15) is 5.10 Å². The van der Waals surface area contributed by atoms with Crippen LogP contribution in [-0.2, 0) is 20.0 Å². The lowest BCUT2D eigenvalue weighted by Crippen LogP contribution is -2.03. The quantitative estimate of drug-likeness (QED) is 0.936. The lowest BCUT2D eigenvalue weighted by atomic mass is 10.2. The average molecular weight is 312 g/mol. The first-order valence-electron chi connectivity index (χ1n) is 5.80. The lowest BCUT2D eigenvalue weighted by Gasteiger charge is -2.07. The molecule has 0 saturated heterocycles. The van der Waals surface area contributed by atoms with E-state index < -0.39 is 0 Å². The molecule has 96 valence electrons. The fourth-order valence-corrected chi connectivity index (χ4v) is 2.22. The molecular formula is C13H15BrFN3. The fourth-order valence-electron chi connectivity index (χ4n) is 1.81. The van der Waals surface area contributed by atoms with E-state index in [1.54, 1.807) is 16.8 Å². The van der Waals surface area contributed by atoms with Crippen molar-refractivity contribution in [2.75, 3.05) is 5.32 Å². The van der Waals surface area contributed by atoms with Crippen LogP contribution in [0.25, 0.3) is 0 Å². The Kier molecular flexibility index (Phi) is 4.01. The molecule has 0 bridgehead atoms. The molecule has 0 atom stereocenters. The summed E-state index contributed by atoms with van der Waals surface area (Å²) in [5.41, 5.74) is 2.59. The minimum absolute atomic E-state index is 0.201. The van der Waals surface area contributed by atoms with Gasteiger partial charge in [0.15, 0.2) is 0 Å². The second kappa shape index (κ2) is 5.52. The van der Waals surface area contributed by atoms with Gasteiger partial charge in [0, 0.05) is 29.8 Å². The zero-order valence-electron chi connectivity index (χ0n) is 10.4. The Balaban J connectivity index is 2.13. The normalized spacial score (nSPS) is 10.7. The van der Waals surface area contributed by atoms with E-state index in [9.17, 15) is 4.39 Å². The van der Waals surface area contributed by atoms with E-state index in [1.807, 2.05) is 20.2 Å². The first-order valence-corrected chi connectivity index (χ1v) is 6.59. The first kappa shape index (κ1) is 13.1. The molecule has 0 amide bonds. The minimum atomic E-state index is -0.201. The largest absolute Gasteiger partial charge is 0.378 e. The third-order valence-electron chi connectivity index (χ3n) is 2.72. The van der Waals surface area contributed by atoms with Gasteiger partial charge in [-0.25, -0.2) is 4.39 Å². The molecule has 2 rings (SSSR count). The number of rotatable bonds is 4. The zero-order valence-corrected chi connectivity index (χ0v) is 12.0. The summed E-state index contributed by atoms with van der Waals surface area (Å²) in [5.74, 6) is -0.201. The molecule has 18 heavy (non-hydrogen) atoms. The summed E-state index contributed by atoms with van der Waals surface area (Å²) in [4.78, 5) is 0. The van der Waals surface area contributed by atoms with Gasteiger partial charge in [0.2, 0.25) is 0 Å². The van der Waals surface area contributed by atoms with Gasteiger partial charge in [-0.1, -0.05) is 22.9 Å². The van der Waals surface area contributed by atoms with Gasteiger partial charge in [0.05, 0.1) is 11.4 Å². The van der Waals surface area contributed by atoms with Crippen LogP contribution in [0.3, 0.4) is 0 Å². The molecule has 3 nitrogen and oxygen atoms in total. The van der Waals surface area contributed by atoms with E-state index in [2.05, 4.69) is 26.3 Å². The molecule has 0 saturated carbocycles. The number of nitrogens with zero attached hydrogens (tertiary/aromatic N) is 2. The highest BCUT2D eigenvalue weighted by Crippen LogP contribution is 2.19. The molecule has 1 heterocycles. The molecule has 1 N–H and O–H groups in total. The van der Waals surface area contributed by atoms with Gasteiger partial charge in [0.25, 0.3) is 0 Å². The number of aromatic nitrogens is 2. The van der Waals surface area contributed by atoms with Crippen molar-refractivity contribution >= 4 is 21.6 Å². The number of nitrogens with one attached hydrogen (secondary N) is 1. The van der Waals surface area contributed by atoms with E-state index in [1.165, 1.54) is 6.07 Å². The summed E-state index contributed by atoms with van der Waals surface area (Å²) in [5, 5.41) is 7.56. The molecule has 0 aliphatic carbocycles. The Bertz CT molecular complexity index is 551. The average Bonchev–Trinajstić information content (AvgIpc) is 2.71. The third kappa shape index (κ3) is 2.90. The summed E-state index contributed by atoms with van der Waals surface area (Å²) in [6, 6.07) is 4.94. The Morgan fingerprint density at radius 2 is 2.22 bits per heavy atom. The maximum atomic E-state index is 13.6. The van der Waals surface area contributed by atoms with Crippen LogP contribution < -0.4 is 5.32 Å². The molecule has 0 aliphatic heterocycles. The van der Waals surface area contributed by atoms with Crippen molar-refractivity contribution in [2.24, 2.45) is 7.05 Å². The highest BCUT2D eigenvalue weighted by Gasteiger charge is 2.07. The van der Waals surface area contributed by atoms with Crippen LogP contribution >= 0.6 is 15.9 Å². The van der Waals surface area contributed by atoms with Crippen molar-refractivity contribution in [1.82, 2.24) is 9.78 Å². The van der Waals surface area contributed by atoms with E-state index in [0.29, 0.717) is 12.1 Å². The molecule has 2 aromatic rings. The molecule has 1 aromatic heterocycles. The van der Waals surface area contributed by atoms with Crippen molar-refractivity contribution in [3.63, 3.8) is 0 Å². The van der Waals surface area contributed by atoms with Crippen LogP contribution in [0.1, 0.15) is 18.2 Å². The van der Waals surface area contributed by atoms with Crippen molar-refractivity contribution in [1.29, 1.82) is 0 Å². The van der Waals surface area contributed by atoms with Gasteiger partial charge < -0.3 is 5.32 Å². The number of anilines is 1. The number of benzene rings is 1. The standard InChI is InChI=1S/C13H15BrFN3/c1-3-12-13(8-18(2)17-12)16-7-9-6-10(14)4-5-11(9)15/h4-6,8,16H,3,7H2,1-2H3. The maximum absolute atomic E-state index is 13.6. The highest BCUT2D eigenvalue weighted by atomic mass is 79.9. The maximum Gasteiger partial charge on any atom is 0.128 e. The minimum Gasteiger partial charge on any atom is -0.378 e. The molecule has 1 aromatic carbocycles. The van der Waals surface area contributed by atoms with Crippen LogP contribution in [0.4, 0.5) is 10.1 Å². The van der Waals surface area contributed by atoms with Crippen LogP contribution in [0.15, 0.2) is 28.9 Å². The predicted octanol–water partition coefficient (Wildman–Crippen LogP) is 3.50. The molecule has 0 aliphatic rings. The van der Waals surface area contributed by atoms with E-state index in [4.69, 9.17) is 0 Å². The number of hydrogen-bond acceptors (Lipinski definition) is 2. The van der Waals surface area contributed by atoms with Gasteiger partial charge in [-0.3, -0.25) is 4.68 Å². The predicted molar refractivity (Wildman–Crippen MR) is 74.0 cm³/mol. The van der Waals surface area contributed by atoms with Gasteiger partial charge in [0.1, 0.15) is 5.82 Å². The van der Waals surface area contributed by atoms with E-state index in [0.717, 1.165) is 22.3 Å². The first-order chi connectivity index (χ1) is 8.60. The molecule has 5 heteroatoms. The number of aryl methyl sites for hydroxylation is 2. The summed E-state index contributed by atoms with van der Waals surface area (Å²) in [6.07, 6.45) is 2.76. The second-order valence-corrected chi connectivity index (χ2v) is 5.02. The van der Waals surface area contributed by atoms with E-state index in [-0.39, 0.29) is 5.82 Å². The van der Waals surface area contributed by atoms with Crippen LogP contribution in [-0.4, -0.2) is 9.78 Å². The Labute approximate surface area is 114 Å². The smallest absolute Gasteiger partial charge is 0.128 e. The molecular weight excluding hydrogens is 297 g/mol. The zero-order chi connectivity index (χ0) is 13.1. The van der Waals surface area contributed by atoms with Crippen molar-refractivity contribution in [3.8, 4) is 0 Å². The molecule has 0 radical (unpaired) electrons. The number of halogens is 2. The summed E-state index contributed by atoms with van der Waals surface area (Å²) >= 11 is 3.34. The summed E-state index contributed by atoms with van der Waals surface area (Å²) < 4.78 is 16.2. The van der Waals surface area contributed by atoms with Crippen LogP contribution in [0.5, 0.6) is 0 Å². The third-order valence-corrected chi connectivity index (χ3v) is 3.21. The monoisotopic (exact) mass is 311 g/mol. The molecule has 0 fully saturated rings. The topological polar surface area (TPSA) is 29.9 Å². The van der Waals surface area contributed by atoms with Gasteiger partial charge >= 0.3 is 0 Å². The van der Waals surface area contributed by atoms with Crippen molar-refractivity contribution in [2.45, 2.75) is 19.9 Å². The second-order valence-electron chi connectivity index (χ2n) is 4.11. The van der Waals surface area contributed by atoms with Crippen molar-refractivity contribution < 1.29 is 4.39 Å². The lowest BCUT2D eigenvalue weighted by molar-refractivity contribution is 0.612. The molecule has 0 spiro atoms. The Morgan fingerprint density at radius 3 is 2.94 bits per heavy atom. The van der Waals surface area contributed by atoms with E-state index >= 15 is 0 Å². The van der Waals surface area contributed by atoms with Gasteiger partial charge in [-0.05, 0) is 24.6 Å². The van der Waals surface area contributed by atoms with Crippen LogP contribution in [0.2, 0.25) is 0 Å². The highest BCUT2D eigenvalue weighted by molar-refractivity contribution is 9.10. The fraction of sp³-hybridized carbons (Fsp3) is 0.308. The van der Waals surface area contributed by atoms with Crippen LogP contribution in [0, 0.1) is 5.82 Å². The number of hydrogen-bond donors (Lipinski definition) is 1. The molecule has 0 unspecified atom stereocenters.